The van der Waals surface area contributed by atoms with Crippen molar-refractivity contribution in [3.05, 3.63) is 72.3 Å². The molecule has 0 heterocycles. The minimum absolute atomic E-state index is 0.0900. The average molecular weight is 485 g/mol. The van der Waals surface area contributed by atoms with Crippen molar-refractivity contribution < 1.29 is 32.6 Å². The van der Waals surface area contributed by atoms with Gasteiger partial charge in [0, 0.05) is 11.3 Å². The third kappa shape index (κ3) is 6.25. The van der Waals surface area contributed by atoms with Gasteiger partial charge in [-0.3, -0.25) is 14.4 Å². The largest absolute Gasteiger partial charge is 0.454 e. The number of aliphatic hydroxyl groups excluding tert-OH is 1. The molecule has 3 N–H and O–H groups in total. The molecule has 178 valence electrons. The first-order valence-corrected chi connectivity index (χ1v) is 11.8. The molecule has 34 heavy (non-hydrogen) atoms. The smallest absolute Gasteiger partial charge is 0.327 e. The van der Waals surface area contributed by atoms with Gasteiger partial charge in [0.1, 0.15) is 6.04 Å². The molecular weight excluding hydrogens is 460 g/mol. The van der Waals surface area contributed by atoms with Crippen molar-refractivity contribution in [2.75, 3.05) is 11.9 Å². The fourth-order valence-corrected chi connectivity index (χ4v) is 4.45. The number of esters is 1. The van der Waals surface area contributed by atoms with Gasteiger partial charge >= 0.3 is 5.97 Å². The molecule has 2 atom stereocenters. The summed E-state index contributed by atoms with van der Waals surface area (Å²) in [5.41, 5.74) is 0.727. The molecule has 0 unspecified atom stereocenters. The van der Waals surface area contributed by atoms with Crippen molar-refractivity contribution in [3.8, 4) is 0 Å². The molecule has 9 nitrogen and oxygen atoms in total. The summed E-state index contributed by atoms with van der Waals surface area (Å²) in [6, 6.07) is 16.2. The lowest BCUT2D eigenvalue weighted by molar-refractivity contribution is -0.151. The first kappa shape index (κ1) is 25.0. The summed E-state index contributed by atoms with van der Waals surface area (Å²) < 4.78 is 32.7. The summed E-state index contributed by atoms with van der Waals surface area (Å²) in [6.45, 7) is 1.89. The molecule has 0 saturated heterocycles. The highest BCUT2D eigenvalue weighted by atomic mass is 32.2. The lowest BCUT2D eigenvalue weighted by Crippen LogP contribution is -2.48. The van der Waals surface area contributed by atoms with Gasteiger partial charge in [-0.05, 0) is 48.9 Å². The Labute approximate surface area is 196 Å². The van der Waals surface area contributed by atoms with Crippen LogP contribution in [0.3, 0.4) is 0 Å². The van der Waals surface area contributed by atoms with E-state index in [4.69, 9.17) is 4.74 Å². The van der Waals surface area contributed by atoms with Crippen molar-refractivity contribution in [1.29, 1.82) is 0 Å². The van der Waals surface area contributed by atoms with E-state index in [9.17, 15) is 27.9 Å². The number of aliphatic hydroxyl groups is 1. The number of rotatable bonds is 9. The number of amides is 1. The molecule has 0 radical (unpaired) electrons. The quantitative estimate of drug-likeness (QED) is 0.313. The predicted molar refractivity (Wildman–Crippen MR) is 126 cm³/mol. The maximum Gasteiger partial charge on any atom is 0.327 e. The molecule has 1 amide bonds. The maximum atomic E-state index is 12.8. The number of nitrogens with one attached hydrogen (secondary N) is 2. The molecule has 10 heteroatoms. The zero-order chi connectivity index (χ0) is 24.9. The molecule has 0 spiro atoms. The molecule has 0 aliphatic heterocycles. The second-order valence-electron chi connectivity index (χ2n) is 7.64. The number of sulfonamides is 1. The fourth-order valence-electron chi connectivity index (χ4n) is 3.15. The highest BCUT2D eigenvalue weighted by Crippen LogP contribution is 2.19. The Hall–Kier alpha value is -3.60. The van der Waals surface area contributed by atoms with Crippen molar-refractivity contribution >= 4 is 44.1 Å². The van der Waals surface area contributed by atoms with E-state index < -0.39 is 40.7 Å². The van der Waals surface area contributed by atoms with Crippen LogP contribution in [0, 0.1) is 0 Å². The molecule has 3 rings (SSSR count). The van der Waals surface area contributed by atoms with Gasteiger partial charge in [-0.1, -0.05) is 42.5 Å². The number of carbonyl (C=O) groups excluding carboxylic acids is 3. The lowest BCUT2D eigenvalue weighted by Gasteiger charge is -2.20. The zero-order valence-electron chi connectivity index (χ0n) is 18.5. The number of ketones is 1. The van der Waals surface area contributed by atoms with E-state index in [0.717, 1.165) is 5.39 Å². The van der Waals surface area contributed by atoms with Crippen LogP contribution in [-0.4, -0.2) is 49.9 Å². The summed E-state index contributed by atoms with van der Waals surface area (Å²) in [7, 11) is -4.18. The number of benzene rings is 3. The SMILES string of the molecule is CC(=O)c1cccc(NC(=O)COC(=O)[C@H](NS(=O)(=O)c2ccc3ccccc3c2)[C@H](C)O)c1. The summed E-state index contributed by atoms with van der Waals surface area (Å²) in [5.74, 6) is -2.00. The number of hydrogen-bond donors (Lipinski definition) is 3. The van der Waals surface area contributed by atoms with E-state index in [1.807, 2.05) is 12.1 Å². The maximum absolute atomic E-state index is 12.8. The Kier molecular flexibility index (Phi) is 7.77. The second kappa shape index (κ2) is 10.6. The Morgan fingerprint density at radius 1 is 0.971 bits per heavy atom. The molecule has 0 bridgehead atoms. The number of Topliss-reactive ketones (excluding diaryl/α,β-unsaturated/α-hetero) is 1. The Bertz CT molecular complexity index is 1340. The van der Waals surface area contributed by atoms with Crippen LogP contribution in [0.15, 0.2) is 71.6 Å². The van der Waals surface area contributed by atoms with Gasteiger partial charge in [-0.15, -0.1) is 0 Å². The summed E-state index contributed by atoms with van der Waals surface area (Å²) in [4.78, 5) is 36.0. The fraction of sp³-hybridized carbons (Fsp3) is 0.208. The molecule has 0 aromatic heterocycles. The summed E-state index contributed by atoms with van der Waals surface area (Å²) >= 11 is 0. The van der Waals surface area contributed by atoms with Gasteiger partial charge < -0.3 is 15.2 Å². The van der Waals surface area contributed by atoms with Crippen LogP contribution >= 0.6 is 0 Å². The van der Waals surface area contributed by atoms with Crippen LogP contribution in [0.1, 0.15) is 24.2 Å². The van der Waals surface area contributed by atoms with Crippen LogP contribution in [-0.2, 0) is 24.3 Å². The monoisotopic (exact) mass is 484 g/mol. The topological polar surface area (TPSA) is 139 Å². The van der Waals surface area contributed by atoms with Crippen molar-refractivity contribution in [1.82, 2.24) is 4.72 Å². The lowest BCUT2D eigenvalue weighted by atomic mass is 10.1. The van der Waals surface area contributed by atoms with Crippen molar-refractivity contribution in [3.63, 3.8) is 0 Å². The van der Waals surface area contributed by atoms with Gasteiger partial charge in [-0.25, -0.2) is 8.42 Å². The van der Waals surface area contributed by atoms with Crippen LogP contribution in [0.4, 0.5) is 5.69 Å². The highest BCUT2D eigenvalue weighted by Gasteiger charge is 2.31. The Morgan fingerprint density at radius 3 is 2.35 bits per heavy atom. The van der Waals surface area contributed by atoms with Crippen LogP contribution < -0.4 is 10.0 Å². The van der Waals surface area contributed by atoms with Crippen molar-refractivity contribution in [2.45, 2.75) is 30.9 Å². The Balaban J connectivity index is 1.66. The van der Waals surface area contributed by atoms with Crippen LogP contribution in [0.2, 0.25) is 0 Å². The first-order valence-electron chi connectivity index (χ1n) is 10.3. The van der Waals surface area contributed by atoms with Crippen molar-refractivity contribution in [2.24, 2.45) is 0 Å². The molecule has 0 fully saturated rings. The second-order valence-corrected chi connectivity index (χ2v) is 9.36. The number of ether oxygens (including phenoxy) is 1. The van der Waals surface area contributed by atoms with E-state index in [1.165, 1.54) is 32.0 Å². The number of fused-ring (bicyclic) bond motifs is 1. The molecule has 0 saturated carbocycles. The van der Waals surface area contributed by atoms with Crippen LogP contribution in [0.5, 0.6) is 0 Å². The normalized spacial score (nSPS) is 13.1. The van der Waals surface area contributed by atoms with Crippen LogP contribution in [0.25, 0.3) is 10.8 Å². The third-order valence-corrected chi connectivity index (χ3v) is 6.39. The van der Waals surface area contributed by atoms with E-state index in [2.05, 4.69) is 10.0 Å². The molecule has 3 aromatic carbocycles. The van der Waals surface area contributed by atoms with Gasteiger partial charge in [0.15, 0.2) is 12.4 Å². The standard InChI is InChI=1S/C24H24N2O7S/c1-15(27)18-8-5-9-20(12-18)25-22(29)14-33-24(30)23(16(2)28)26-34(31,32)21-11-10-17-6-3-4-7-19(17)13-21/h3-13,16,23,26,28H,14H2,1-2H3,(H,25,29)/t16-,23+/m0/s1. The molecule has 0 aliphatic carbocycles. The highest BCUT2D eigenvalue weighted by molar-refractivity contribution is 7.89. The minimum atomic E-state index is -4.18. The number of hydrogen-bond acceptors (Lipinski definition) is 7. The first-order chi connectivity index (χ1) is 16.1. The predicted octanol–water partition coefficient (Wildman–Crippen LogP) is 2.25. The van der Waals surface area contributed by atoms with Gasteiger partial charge in [0.25, 0.3) is 5.91 Å². The summed E-state index contributed by atoms with van der Waals surface area (Å²) in [5, 5.41) is 14.0. The van der Waals surface area contributed by atoms with E-state index in [1.54, 1.807) is 36.4 Å². The van der Waals surface area contributed by atoms with E-state index >= 15 is 0 Å². The number of carbonyl (C=O) groups is 3. The zero-order valence-corrected chi connectivity index (χ0v) is 19.3. The Morgan fingerprint density at radius 2 is 1.68 bits per heavy atom. The average Bonchev–Trinajstić information content (AvgIpc) is 2.80. The molecule has 0 aliphatic rings. The van der Waals surface area contributed by atoms with E-state index in [0.29, 0.717) is 16.6 Å². The van der Waals surface area contributed by atoms with E-state index in [-0.39, 0.29) is 10.7 Å². The third-order valence-electron chi connectivity index (χ3n) is 4.95. The number of anilines is 1. The van der Waals surface area contributed by atoms with Gasteiger partial charge in [0.05, 0.1) is 11.0 Å². The van der Waals surface area contributed by atoms with Gasteiger partial charge in [-0.2, -0.15) is 4.72 Å². The van der Waals surface area contributed by atoms with Gasteiger partial charge in [0.2, 0.25) is 10.0 Å². The minimum Gasteiger partial charge on any atom is -0.454 e. The summed E-state index contributed by atoms with van der Waals surface area (Å²) in [6.07, 6.45) is -1.43. The molecular formula is C24H24N2O7S. The molecule has 3 aromatic rings.